The van der Waals surface area contributed by atoms with Gasteiger partial charge in [-0.05, 0) is 19.4 Å². The third kappa shape index (κ3) is 4.07. The largest absolute Gasteiger partial charge is 0.392 e. The summed E-state index contributed by atoms with van der Waals surface area (Å²) < 4.78 is 0. The van der Waals surface area contributed by atoms with Gasteiger partial charge in [0.05, 0.1) is 11.7 Å². The lowest BCUT2D eigenvalue weighted by molar-refractivity contribution is -0.0479. The molecule has 3 heteroatoms. The molecule has 2 atom stereocenters. The second-order valence-corrected chi connectivity index (χ2v) is 4.03. The van der Waals surface area contributed by atoms with E-state index in [0.717, 1.165) is 0 Å². The van der Waals surface area contributed by atoms with Crippen molar-refractivity contribution in [3.8, 4) is 0 Å². The van der Waals surface area contributed by atoms with Crippen LogP contribution < -0.4 is 5.32 Å². The maximum Gasteiger partial charge on any atom is 0.0693 e. The summed E-state index contributed by atoms with van der Waals surface area (Å²) in [7, 11) is 1.80. The molecule has 0 fully saturated rings. The van der Waals surface area contributed by atoms with Crippen molar-refractivity contribution < 1.29 is 10.2 Å². The van der Waals surface area contributed by atoms with Crippen molar-refractivity contribution >= 4 is 0 Å². The molecular weight excluding hydrogens is 166 g/mol. The summed E-state index contributed by atoms with van der Waals surface area (Å²) in [4.78, 5) is 0. The fourth-order valence-electron chi connectivity index (χ4n) is 1.50. The zero-order valence-electron chi connectivity index (χ0n) is 9.17. The molecule has 0 rings (SSSR count). The zero-order chi connectivity index (χ0) is 10.5. The van der Waals surface area contributed by atoms with Crippen molar-refractivity contribution in [1.82, 2.24) is 5.32 Å². The Balaban J connectivity index is 4.10. The van der Waals surface area contributed by atoms with Crippen LogP contribution in [0.2, 0.25) is 0 Å². The second-order valence-electron chi connectivity index (χ2n) is 4.03. The van der Waals surface area contributed by atoms with Gasteiger partial charge in [-0.3, -0.25) is 0 Å². The van der Waals surface area contributed by atoms with Gasteiger partial charge in [-0.2, -0.15) is 0 Å². The van der Waals surface area contributed by atoms with E-state index in [4.69, 9.17) is 0 Å². The first kappa shape index (κ1) is 12.9. The molecule has 0 saturated carbocycles. The molecule has 13 heavy (non-hydrogen) atoms. The van der Waals surface area contributed by atoms with Crippen molar-refractivity contribution in [2.24, 2.45) is 5.92 Å². The van der Waals surface area contributed by atoms with Crippen molar-refractivity contribution in [3.63, 3.8) is 0 Å². The minimum absolute atomic E-state index is 0.184. The van der Waals surface area contributed by atoms with E-state index in [1.54, 1.807) is 7.05 Å². The van der Waals surface area contributed by atoms with Crippen molar-refractivity contribution in [3.05, 3.63) is 0 Å². The fourth-order valence-corrected chi connectivity index (χ4v) is 1.50. The molecule has 0 aliphatic carbocycles. The predicted molar refractivity (Wildman–Crippen MR) is 54.6 cm³/mol. The highest BCUT2D eigenvalue weighted by molar-refractivity contribution is 4.83. The lowest BCUT2D eigenvalue weighted by atomic mass is 9.83. The van der Waals surface area contributed by atoms with Crippen LogP contribution >= 0.6 is 0 Å². The van der Waals surface area contributed by atoms with Crippen LogP contribution in [0.4, 0.5) is 0 Å². The van der Waals surface area contributed by atoms with Gasteiger partial charge in [-0.1, -0.05) is 20.8 Å². The van der Waals surface area contributed by atoms with Crippen LogP contribution in [-0.4, -0.2) is 35.5 Å². The highest BCUT2D eigenvalue weighted by Gasteiger charge is 2.31. The predicted octanol–water partition coefficient (Wildman–Crippen LogP) is 0.754. The van der Waals surface area contributed by atoms with Gasteiger partial charge in [-0.25, -0.2) is 0 Å². The summed E-state index contributed by atoms with van der Waals surface area (Å²) in [5, 5.41) is 22.5. The van der Waals surface area contributed by atoms with Gasteiger partial charge >= 0.3 is 0 Å². The molecular formula is C10H23NO2. The van der Waals surface area contributed by atoms with Gasteiger partial charge in [-0.15, -0.1) is 0 Å². The Labute approximate surface area is 81.2 Å². The Morgan fingerprint density at radius 2 is 1.92 bits per heavy atom. The molecule has 0 aromatic rings. The zero-order valence-corrected chi connectivity index (χ0v) is 9.17. The van der Waals surface area contributed by atoms with E-state index in [2.05, 4.69) is 5.32 Å². The quantitative estimate of drug-likeness (QED) is 0.578. The van der Waals surface area contributed by atoms with Crippen LogP contribution in [0, 0.1) is 5.92 Å². The highest BCUT2D eigenvalue weighted by atomic mass is 16.3. The molecule has 0 saturated heterocycles. The van der Waals surface area contributed by atoms with E-state index in [1.165, 1.54) is 0 Å². The number of aliphatic hydroxyl groups is 2. The Morgan fingerprint density at radius 3 is 2.23 bits per heavy atom. The van der Waals surface area contributed by atoms with Gasteiger partial charge in [0.15, 0.2) is 0 Å². The standard InChI is InChI=1S/C10H23NO2/c1-5-10(13,8(2)3)6-9(12)7-11-4/h8-9,11-13H,5-7H2,1-4H3/t9-,10-/m1/s1. The monoisotopic (exact) mass is 189 g/mol. The van der Waals surface area contributed by atoms with Crippen LogP contribution in [0.5, 0.6) is 0 Å². The molecule has 0 spiro atoms. The molecule has 3 N–H and O–H groups in total. The van der Waals surface area contributed by atoms with Crippen LogP contribution in [-0.2, 0) is 0 Å². The molecule has 0 aromatic heterocycles. The molecule has 0 aliphatic rings. The summed E-state index contributed by atoms with van der Waals surface area (Å²) in [6.07, 6.45) is 0.672. The first-order valence-electron chi connectivity index (χ1n) is 5.01. The number of hydrogen-bond acceptors (Lipinski definition) is 3. The van der Waals surface area contributed by atoms with Crippen molar-refractivity contribution in [2.75, 3.05) is 13.6 Å². The van der Waals surface area contributed by atoms with E-state index in [-0.39, 0.29) is 5.92 Å². The molecule has 0 unspecified atom stereocenters. The van der Waals surface area contributed by atoms with Gasteiger partial charge < -0.3 is 15.5 Å². The number of aliphatic hydroxyl groups excluding tert-OH is 1. The Kier molecular flexibility index (Phi) is 5.53. The van der Waals surface area contributed by atoms with Crippen molar-refractivity contribution in [1.29, 1.82) is 0 Å². The van der Waals surface area contributed by atoms with Crippen LogP contribution in [0.15, 0.2) is 0 Å². The molecule has 0 aliphatic heterocycles. The minimum Gasteiger partial charge on any atom is -0.392 e. The average molecular weight is 189 g/mol. The third-order valence-corrected chi connectivity index (χ3v) is 2.72. The fraction of sp³-hybridized carbons (Fsp3) is 1.00. The van der Waals surface area contributed by atoms with E-state index < -0.39 is 11.7 Å². The second kappa shape index (κ2) is 5.58. The number of likely N-dealkylation sites (N-methyl/N-ethyl adjacent to an activating group) is 1. The molecule has 80 valence electrons. The highest BCUT2D eigenvalue weighted by Crippen LogP contribution is 2.26. The topological polar surface area (TPSA) is 52.5 Å². The van der Waals surface area contributed by atoms with Crippen molar-refractivity contribution in [2.45, 2.75) is 45.3 Å². The van der Waals surface area contributed by atoms with Gasteiger partial charge in [0.2, 0.25) is 0 Å². The smallest absolute Gasteiger partial charge is 0.0693 e. The summed E-state index contributed by atoms with van der Waals surface area (Å²) in [6.45, 7) is 6.45. The van der Waals surface area contributed by atoms with Gasteiger partial charge in [0, 0.05) is 13.0 Å². The lowest BCUT2D eigenvalue weighted by Gasteiger charge is -2.33. The van der Waals surface area contributed by atoms with Gasteiger partial charge in [0.25, 0.3) is 0 Å². The Hall–Kier alpha value is -0.120. The van der Waals surface area contributed by atoms with Crippen LogP contribution in [0.1, 0.15) is 33.6 Å². The number of hydrogen-bond donors (Lipinski definition) is 3. The Morgan fingerprint density at radius 1 is 1.38 bits per heavy atom. The summed E-state index contributed by atoms with van der Waals surface area (Å²) in [5.41, 5.74) is -0.726. The summed E-state index contributed by atoms with van der Waals surface area (Å²) >= 11 is 0. The third-order valence-electron chi connectivity index (χ3n) is 2.72. The minimum atomic E-state index is -0.726. The van der Waals surface area contributed by atoms with E-state index in [1.807, 2.05) is 20.8 Å². The molecule has 0 aromatic carbocycles. The van der Waals surface area contributed by atoms with E-state index in [0.29, 0.717) is 19.4 Å². The summed E-state index contributed by atoms with van der Waals surface area (Å²) in [6, 6.07) is 0. The maximum atomic E-state index is 10.1. The van der Waals surface area contributed by atoms with Crippen LogP contribution in [0.3, 0.4) is 0 Å². The SMILES string of the molecule is CC[C@@](O)(C[C@@H](O)CNC)C(C)C. The molecule has 0 amide bonds. The summed E-state index contributed by atoms with van der Waals surface area (Å²) in [5.74, 6) is 0.184. The molecule has 0 radical (unpaired) electrons. The normalized spacial score (nSPS) is 18.7. The van der Waals surface area contributed by atoms with E-state index in [9.17, 15) is 10.2 Å². The molecule has 0 bridgehead atoms. The lowest BCUT2D eigenvalue weighted by Crippen LogP contribution is -2.40. The van der Waals surface area contributed by atoms with E-state index >= 15 is 0 Å². The number of nitrogens with one attached hydrogen (secondary N) is 1. The Bertz CT molecular complexity index is 139. The van der Waals surface area contributed by atoms with Gasteiger partial charge in [0.1, 0.15) is 0 Å². The van der Waals surface area contributed by atoms with Crippen LogP contribution in [0.25, 0.3) is 0 Å². The maximum absolute atomic E-state index is 10.1. The number of rotatable bonds is 6. The first-order valence-corrected chi connectivity index (χ1v) is 5.01. The molecule has 3 nitrogen and oxygen atoms in total. The first-order chi connectivity index (χ1) is 5.96. The molecule has 0 heterocycles. The average Bonchev–Trinajstić information content (AvgIpc) is 2.04.